The normalized spacial score (nSPS) is 17.3. The number of aryl methyl sites for hydroxylation is 1. The van der Waals surface area contributed by atoms with Gasteiger partial charge in [0.1, 0.15) is 0 Å². The highest BCUT2D eigenvalue weighted by molar-refractivity contribution is 7.15. The van der Waals surface area contributed by atoms with E-state index >= 15 is 0 Å². The van der Waals surface area contributed by atoms with Crippen molar-refractivity contribution >= 4 is 33.5 Å². The van der Waals surface area contributed by atoms with Crippen LogP contribution in [0.25, 0.3) is 11.1 Å². The number of carbonyl (C=O) groups is 1. The Balaban J connectivity index is 1.46. The second kappa shape index (κ2) is 6.38. The number of hydrogen-bond acceptors (Lipinski definition) is 7. The van der Waals surface area contributed by atoms with Crippen LogP contribution in [0.4, 0.5) is 5.13 Å². The summed E-state index contributed by atoms with van der Waals surface area (Å²) in [5.41, 5.74) is 3.73. The lowest BCUT2D eigenvalue weighted by molar-refractivity contribution is 0.102. The van der Waals surface area contributed by atoms with Crippen LogP contribution in [0.1, 0.15) is 58.0 Å². The van der Waals surface area contributed by atoms with E-state index in [1.54, 1.807) is 11.3 Å². The molecule has 0 radical (unpaired) electrons. The fraction of sp³-hybridized carbons (Fsp3) is 0.474. The van der Waals surface area contributed by atoms with Crippen LogP contribution in [0.2, 0.25) is 0 Å². The maximum atomic E-state index is 13.1. The molecule has 3 aromatic rings. The lowest BCUT2D eigenvalue weighted by atomic mass is 10.1. The van der Waals surface area contributed by atoms with E-state index in [-0.39, 0.29) is 5.91 Å². The van der Waals surface area contributed by atoms with Crippen molar-refractivity contribution in [1.29, 1.82) is 0 Å². The van der Waals surface area contributed by atoms with Crippen LogP contribution < -0.4 is 5.32 Å². The quantitative estimate of drug-likeness (QED) is 0.742. The smallest absolute Gasteiger partial charge is 0.259 e. The van der Waals surface area contributed by atoms with Crippen molar-refractivity contribution < 1.29 is 9.32 Å². The average Bonchev–Trinajstić information content (AvgIpc) is 3.35. The van der Waals surface area contributed by atoms with E-state index in [0.29, 0.717) is 33.4 Å². The van der Waals surface area contributed by atoms with Crippen LogP contribution in [-0.2, 0) is 13.0 Å². The van der Waals surface area contributed by atoms with Crippen molar-refractivity contribution in [3.8, 4) is 0 Å². The molecule has 3 aromatic heterocycles. The Labute approximate surface area is 160 Å². The van der Waals surface area contributed by atoms with Gasteiger partial charge in [-0.25, -0.2) is 9.97 Å². The average molecular weight is 383 g/mol. The molecule has 8 heteroatoms. The highest BCUT2D eigenvalue weighted by Gasteiger charge is 2.29. The van der Waals surface area contributed by atoms with Crippen LogP contribution in [0.15, 0.2) is 10.6 Å². The number of aromatic nitrogens is 3. The van der Waals surface area contributed by atoms with E-state index in [1.165, 1.54) is 4.88 Å². The summed E-state index contributed by atoms with van der Waals surface area (Å²) < 4.78 is 5.34. The summed E-state index contributed by atoms with van der Waals surface area (Å²) in [4.78, 5) is 25.9. The molecule has 1 aliphatic carbocycles. The molecule has 1 saturated carbocycles. The first kappa shape index (κ1) is 16.8. The Morgan fingerprint density at radius 2 is 2.26 bits per heavy atom. The molecule has 0 aromatic carbocycles. The molecule has 1 fully saturated rings. The standard InChI is InChI=1S/C19H21N5O2S/c1-3-24-7-6-13-15(9-24)27-19(21-13)22-17(25)12-8-14(11-4-5-11)20-18-16(12)10(2)23-26-18/h8,11H,3-7,9H2,1-2H3,(H,21,22,25). The van der Waals surface area contributed by atoms with Crippen LogP contribution in [0, 0.1) is 6.92 Å². The molecule has 2 aliphatic rings. The van der Waals surface area contributed by atoms with Crippen molar-refractivity contribution in [2.75, 3.05) is 18.4 Å². The SMILES string of the molecule is CCN1CCc2nc(NC(=O)c3cc(C4CC4)nc4onc(C)c34)sc2C1. The van der Waals surface area contributed by atoms with E-state index in [9.17, 15) is 4.79 Å². The maximum absolute atomic E-state index is 13.1. The Kier molecular flexibility index (Phi) is 3.98. The summed E-state index contributed by atoms with van der Waals surface area (Å²) in [5, 5.41) is 8.35. The van der Waals surface area contributed by atoms with Crippen molar-refractivity contribution in [3.63, 3.8) is 0 Å². The minimum Gasteiger partial charge on any atom is -0.336 e. The minimum absolute atomic E-state index is 0.172. The number of amides is 1. The van der Waals surface area contributed by atoms with Crippen molar-refractivity contribution in [3.05, 3.63) is 33.6 Å². The summed E-state index contributed by atoms with van der Waals surface area (Å²) in [6.07, 6.45) is 3.16. The Morgan fingerprint density at radius 3 is 3.04 bits per heavy atom. The van der Waals surface area contributed by atoms with Crippen molar-refractivity contribution in [2.24, 2.45) is 0 Å². The Morgan fingerprint density at radius 1 is 1.41 bits per heavy atom. The first-order chi connectivity index (χ1) is 13.1. The molecule has 140 valence electrons. The zero-order chi connectivity index (χ0) is 18.5. The second-order valence-corrected chi connectivity index (χ2v) is 8.36. The number of likely N-dealkylation sites (N-methyl/N-ethyl adjacent to an activating group) is 1. The van der Waals surface area contributed by atoms with Crippen LogP contribution >= 0.6 is 11.3 Å². The molecule has 7 nitrogen and oxygen atoms in total. The largest absolute Gasteiger partial charge is 0.336 e. The monoisotopic (exact) mass is 383 g/mol. The number of fused-ring (bicyclic) bond motifs is 2. The third-order valence-corrected chi connectivity index (χ3v) is 6.35. The number of carbonyl (C=O) groups excluding carboxylic acids is 1. The molecule has 5 rings (SSSR count). The van der Waals surface area contributed by atoms with Gasteiger partial charge in [0.2, 0.25) is 0 Å². The predicted octanol–water partition coefficient (Wildman–Crippen LogP) is 3.50. The lowest BCUT2D eigenvalue weighted by Crippen LogP contribution is -2.29. The van der Waals surface area contributed by atoms with E-state index in [1.807, 2.05) is 13.0 Å². The molecular formula is C19H21N5O2S. The van der Waals surface area contributed by atoms with Gasteiger partial charge in [0.15, 0.2) is 5.13 Å². The first-order valence-corrected chi connectivity index (χ1v) is 10.2. The number of thiazole rings is 1. The third kappa shape index (κ3) is 3.02. The number of rotatable bonds is 4. The number of nitrogens with one attached hydrogen (secondary N) is 1. The number of anilines is 1. The summed E-state index contributed by atoms with van der Waals surface area (Å²) >= 11 is 1.57. The second-order valence-electron chi connectivity index (χ2n) is 7.28. The van der Waals surface area contributed by atoms with Crippen molar-refractivity contribution in [2.45, 2.75) is 45.6 Å². The van der Waals surface area contributed by atoms with Gasteiger partial charge in [-0.1, -0.05) is 12.1 Å². The molecule has 0 atom stereocenters. The number of hydrogen-bond donors (Lipinski definition) is 1. The van der Waals surface area contributed by atoms with Gasteiger partial charge in [0.25, 0.3) is 11.6 Å². The number of nitrogens with zero attached hydrogens (tertiary/aromatic N) is 4. The molecular weight excluding hydrogens is 362 g/mol. The lowest BCUT2D eigenvalue weighted by Gasteiger charge is -2.23. The molecule has 27 heavy (non-hydrogen) atoms. The summed E-state index contributed by atoms with van der Waals surface area (Å²) in [7, 11) is 0. The summed E-state index contributed by atoms with van der Waals surface area (Å²) in [6, 6.07) is 1.89. The van der Waals surface area contributed by atoms with Gasteiger partial charge >= 0.3 is 0 Å². The van der Waals surface area contributed by atoms with Gasteiger partial charge in [-0.05, 0) is 32.4 Å². The zero-order valence-electron chi connectivity index (χ0n) is 15.4. The minimum atomic E-state index is -0.172. The zero-order valence-corrected chi connectivity index (χ0v) is 16.2. The van der Waals surface area contributed by atoms with Crippen LogP contribution in [0.5, 0.6) is 0 Å². The fourth-order valence-electron chi connectivity index (χ4n) is 3.62. The molecule has 1 aliphatic heterocycles. The Bertz CT molecular complexity index is 1040. The number of pyridine rings is 1. The van der Waals surface area contributed by atoms with Crippen LogP contribution in [-0.4, -0.2) is 39.0 Å². The van der Waals surface area contributed by atoms with E-state index in [0.717, 1.165) is 50.3 Å². The molecule has 4 heterocycles. The third-order valence-electron chi connectivity index (χ3n) is 5.36. The van der Waals surface area contributed by atoms with Gasteiger partial charge in [-0.3, -0.25) is 15.0 Å². The van der Waals surface area contributed by atoms with Gasteiger partial charge in [0, 0.05) is 36.0 Å². The van der Waals surface area contributed by atoms with Gasteiger partial charge in [0.05, 0.1) is 22.3 Å². The molecule has 0 spiro atoms. The fourth-order valence-corrected chi connectivity index (χ4v) is 4.66. The van der Waals surface area contributed by atoms with E-state index in [4.69, 9.17) is 4.52 Å². The molecule has 0 unspecified atom stereocenters. The summed E-state index contributed by atoms with van der Waals surface area (Å²) in [6.45, 7) is 6.97. The highest BCUT2D eigenvalue weighted by atomic mass is 32.1. The topological polar surface area (TPSA) is 84.2 Å². The van der Waals surface area contributed by atoms with Gasteiger partial charge in [-0.2, -0.15) is 0 Å². The molecule has 0 saturated heterocycles. The molecule has 1 amide bonds. The maximum Gasteiger partial charge on any atom is 0.259 e. The first-order valence-electron chi connectivity index (χ1n) is 9.41. The molecule has 1 N–H and O–H groups in total. The molecule has 0 bridgehead atoms. The Hall–Kier alpha value is -2.32. The highest BCUT2D eigenvalue weighted by Crippen LogP contribution is 2.40. The predicted molar refractivity (Wildman–Crippen MR) is 103 cm³/mol. The summed E-state index contributed by atoms with van der Waals surface area (Å²) in [5.74, 6) is 0.257. The van der Waals surface area contributed by atoms with Crippen LogP contribution in [0.3, 0.4) is 0 Å². The van der Waals surface area contributed by atoms with E-state index in [2.05, 4.69) is 32.3 Å². The van der Waals surface area contributed by atoms with Gasteiger partial charge in [-0.15, -0.1) is 11.3 Å². The van der Waals surface area contributed by atoms with Crippen molar-refractivity contribution in [1.82, 2.24) is 20.0 Å². The van der Waals surface area contributed by atoms with Gasteiger partial charge < -0.3 is 4.52 Å². The van der Waals surface area contributed by atoms with E-state index < -0.39 is 0 Å².